The average molecular weight is 347 g/mol. The molecule has 0 fully saturated rings. The summed E-state index contributed by atoms with van der Waals surface area (Å²) in [7, 11) is 1.81. The molecule has 0 atom stereocenters. The number of carbonyl (C=O) groups is 1. The van der Waals surface area contributed by atoms with Crippen molar-refractivity contribution < 1.29 is 4.79 Å². The Balaban J connectivity index is 1.69. The maximum atomic E-state index is 12.1. The number of aryl methyl sites for hydroxylation is 3. The average Bonchev–Trinajstić information content (AvgIpc) is 3.08. The highest BCUT2D eigenvalue weighted by Crippen LogP contribution is 2.30. The molecule has 0 radical (unpaired) electrons. The van der Waals surface area contributed by atoms with E-state index in [1.165, 1.54) is 16.6 Å². The number of carbonyl (C=O) groups excluding carboxylic acids is 1. The van der Waals surface area contributed by atoms with E-state index in [1.807, 2.05) is 13.0 Å². The topological polar surface area (TPSA) is 72.7 Å². The van der Waals surface area contributed by atoms with Crippen LogP contribution in [0.3, 0.4) is 0 Å². The molecule has 0 bridgehead atoms. The molecule has 1 N–H and O–H groups in total. The Labute approximate surface area is 142 Å². The maximum Gasteiger partial charge on any atom is 0.235 e. The van der Waals surface area contributed by atoms with E-state index in [0.717, 1.165) is 27.4 Å². The van der Waals surface area contributed by atoms with Gasteiger partial charge in [0.1, 0.15) is 22.0 Å². The summed E-state index contributed by atoms with van der Waals surface area (Å²) in [5, 5.41) is 8.96. The minimum atomic E-state index is -0.0734. The number of nitrogens with one attached hydrogen (secondary N) is 1. The smallest absolute Gasteiger partial charge is 0.235 e. The molecule has 0 saturated heterocycles. The van der Waals surface area contributed by atoms with Crippen molar-refractivity contribution in [2.24, 2.45) is 7.05 Å². The lowest BCUT2D eigenvalue weighted by molar-refractivity contribution is -0.113. The predicted octanol–water partition coefficient (Wildman–Crippen LogP) is 3.03. The second-order valence-electron chi connectivity index (χ2n) is 5.10. The number of aromatic nitrogens is 4. The number of nitrogens with zero attached hydrogens (tertiary/aromatic N) is 4. The Bertz CT molecular complexity index is 855. The zero-order valence-corrected chi connectivity index (χ0v) is 14.8. The van der Waals surface area contributed by atoms with Crippen molar-refractivity contribution in [3.63, 3.8) is 0 Å². The first kappa shape index (κ1) is 15.9. The van der Waals surface area contributed by atoms with E-state index in [9.17, 15) is 4.79 Å². The molecule has 0 spiro atoms. The molecule has 8 heteroatoms. The van der Waals surface area contributed by atoms with Gasteiger partial charge < -0.3 is 5.32 Å². The molecule has 3 rings (SSSR count). The number of hydrogen-bond donors (Lipinski definition) is 1. The van der Waals surface area contributed by atoms with Crippen LogP contribution in [0.15, 0.2) is 23.5 Å². The molecular formula is C15H17N5OS2. The second-order valence-corrected chi connectivity index (χ2v) is 7.17. The molecular weight excluding hydrogens is 330 g/mol. The van der Waals surface area contributed by atoms with Crippen LogP contribution >= 0.6 is 23.1 Å². The molecule has 0 unspecified atom stereocenters. The van der Waals surface area contributed by atoms with Crippen LogP contribution in [0.4, 0.5) is 5.82 Å². The van der Waals surface area contributed by atoms with Crippen molar-refractivity contribution in [3.05, 3.63) is 29.0 Å². The highest BCUT2D eigenvalue weighted by molar-refractivity contribution is 8.00. The Morgan fingerprint density at radius 1 is 1.39 bits per heavy atom. The fraction of sp³-hybridized carbons (Fsp3) is 0.333. The number of thiophene rings is 1. The van der Waals surface area contributed by atoms with Crippen molar-refractivity contribution in [2.45, 2.75) is 25.3 Å². The Kier molecular flexibility index (Phi) is 4.63. The summed E-state index contributed by atoms with van der Waals surface area (Å²) in [5.41, 5.74) is 0.873. The first-order valence-corrected chi connectivity index (χ1v) is 9.03. The van der Waals surface area contributed by atoms with Crippen LogP contribution in [0.5, 0.6) is 0 Å². The lowest BCUT2D eigenvalue weighted by Crippen LogP contribution is -2.16. The molecule has 3 heterocycles. The predicted molar refractivity (Wildman–Crippen MR) is 94.1 cm³/mol. The van der Waals surface area contributed by atoms with E-state index in [2.05, 4.69) is 33.4 Å². The fourth-order valence-electron chi connectivity index (χ4n) is 2.21. The van der Waals surface area contributed by atoms with Gasteiger partial charge in [-0.25, -0.2) is 9.97 Å². The Morgan fingerprint density at radius 2 is 2.22 bits per heavy atom. The minimum absolute atomic E-state index is 0.0734. The van der Waals surface area contributed by atoms with Crippen LogP contribution in [-0.4, -0.2) is 31.4 Å². The highest BCUT2D eigenvalue weighted by atomic mass is 32.2. The third-order valence-electron chi connectivity index (χ3n) is 3.30. The lowest BCUT2D eigenvalue weighted by Gasteiger charge is -2.05. The number of hydrogen-bond acceptors (Lipinski definition) is 6. The van der Waals surface area contributed by atoms with E-state index in [0.29, 0.717) is 11.6 Å². The normalized spacial score (nSPS) is 11.1. The maximum absolute atomic E-state index is 12.1. The second kappa shape index (κ2) is 6.67. The lowest BCUT2D eigenvalue weighted by atomic mass is 10.3. The largest absolute Gasteiger partial charge is 0.310 e. The SMILES string of the molecule is CCc1cc2c(SCC(=O)Nc3cc(C)nn3C)ncnc2s1. The summed E-state index contributed by atoms with van der Waals surface area (Å²) < 4.78 is 1.66. The van der Waals surface area contributed by atoms with E-state index in [1.54, 1.807) is 29.4 Å². The number of thioether (sulfide) groups is 1. The molecule has 6 nitrogen and oxygen atoms in total. The summed E-state index contributed by atoms with van der Waals surface area (Å²) in [6.45, 7) is 4.01. The quantitative estimate of drug-likeness (QED) is 0.567. The van der Waals surface area contributed by atoms with Gasteiger partial charge in [0.05, 0.1) is 11.4 Å². The number of amides is 1. The van der Waals surface area contributed by atoms with Crippen LogP contribution < -0.4 is 5.32 Å². The van der Waals surface area contributed by atoms with Gasteiger partial charge in [0.2, 0.25) is 5.91 Å². The van der Waals surface area contributed by atoms with Gasteiger partial charge in [-0.3, -0.25) is 9.48 Å². The van der Waals surface area contributed by atoms with Gasteiger partial charge in [0, 0.05) is 23.4 Å². The fourth-order valence-corrected chi connectivity index (χ4v) is 3.99. The van der Waals surface area contributed by atoms with Gasteiger partial charge in [0.25, 0.3) is 0 Å². The summed E-state index contributed by atoms with van der Waals surface area (Å²) in [5.74, 6) is 0.925. The summed E-state index contributed by atoms with van der Waals surface area (Å²) in [6, 6.07) is 3.96. The third-order valence-corrected chi connectivity index (χ3v) is 5.49. The molecule has 0 saturated carbocycles. The number of fused-ring (bicyclic) bond motifs is 1. The Hall–Kier alpha value is -1.93. The van der Waals surface area contributed by atoms with Crippen LogP contribution in [0.1, 0.15) is 17.5 Å². The zero-order valence-electron chi connectivity index (χ0n) is 13.2. The van der Waals surface area contributed by atoms with Gasteiger partial charge in [-0.05, 0) is 19.4 Å². The van der Waals surface area contributed by atoms with Crippen molar-refractivity contribution >= 4 is 45.0 Å². The molecule has 0 aliphatic heterocycles. The standard InChI is InChI=1S/C15H17N5OS2/c1-4-10-6-11-14(16-8-17-15(11)23-10)22-7-13(21)18-12-5-9(2)19-20(12)3/h5-6,8H,4,7H2,1-3H3,(H,18,21). The van der Waals surface area contributed by atoms with Crippen molar-refractivity contribution in [3.8, 4) is 0 Å². The van der Waals surface area contributed by atoms with E-state index in [4.69, 9.17) is 0 Å². The molecule has 0 aromatic carbocycles. The van der Waals surface area contributed by atoms with Crippen LogP contribution in [-0.2, 0) is 18.3 Å². The van der Waals surface area contributed by atoms with Crippen LogP contribution in [0, 0.1) is 6.92 Å². The molecule has 1 amide bonds. The van der Waals surface area contributed by atoms with E-state index >= 15 is 0 Å². The van der Waals surface area contributed by atoms with Crippen LogP contribution in [0.2, 0.25) is 0 Å². The third kappa shape index (κ3) is 3.53. The molecule has 0 aliphatic rings. The molecule has 0 aliphatic carbocycles. The number of rotatable bonds is 5. The van der Waals surface area contributed by atoms with E-state index in [-0.39, 0.29) is 5.91 Å². The summed E-state index contributed by atoms with van der Waals surface area (Å²) in [4.78, 5) is 23.0. The first-order chi connectivity index (χ1) is 11.1. The molecule has 3 aromatic rings. The molecule has 120 valence electrons. The van der Waals surface area contributed by atoms with Crippen molar-refractivity contribution in [1.82, 2.24) is 19.7 Å². The van der Waals surface area contributed by atoms with Gasteiger partial charge in [-0.1, -0.05) is 18.7 Å². The van der Waals surface area contributed by atoms with Gasteiger partial charge in [-0.2, -0.15) is 5.10 Å². The summed E-state index contributed by atoms with van der Waals surface area (Å²) in [6.07, 6.45) is 2.54. The number of anilines is 1. The summed E-state index contributed by atoms with van der Waals surface area (Å²) >= 11 is 3.10. The molecule has 3 aromatic heterocycles. The van der Waals surface area contributed by atoms with Crippen molar-refractivity contribution in [1.29, 1.82) is 0 Å². The zero-order chi connectivity index (χ0) is 16.4. The molecule has 23 heavy (non-hydrogen) atoms. The first-order valence-electron chi connectivity index (χ1n) is 7.23. The van der Waals surface area contributed by atoms with Crippen LogP contribution in [0.25, 0.3) is 10.2 Å². The minimum Gasteiger partial charge on any atom is -0.310 e. The van der Waals surface area contributed by atoms with Gasteiger partial charge in [0.15, 0.2) is 0 Å². The van der Waals surface area contributed by atoms with Crippen molar-refractivity contribution in [2.75, 3.05) is 11.1 Å². The van der Waals surface area contributed by atoms with Gasteiger partial charge in [-0.15, -0.1) is 11.3 Å². The Morgan fingerprint density at radius 3 is 2.91 bits per heavy atom. The highest BCUT2D eigenvalue weighted by Gasteiger charge is 2.12. The van der Waals surface area contributed by atoms with E-state index < -0.39 is 0 Å². The monoisotopic (exact) mass is 347 g/mol. The van der Waals surface area contributed by atoms with Gasteiger partial charge >= 0.3 is 0 Å².